The van der Waals surface area contributed by atoms with E-state index in [-0.39, 0.29) is 17.1 Å². The number of esters is 1. The number of rotatable bonds is 3. The molecule has 1 aliphatic heterocycles. The molecule has 0 atom stereocenters. The summed E-state index contributed by atoms with van der Waals surface area (Å²) in [4.78, 5) is 27.0. The molecule has 3 rings (SSSR count). The summed E-state index contributed by atoms with van der Waals surface area (Å²) >= 11 is 12.0. The number of hydrogen-bond donors (Lipinski definition) is 0. The zero-order valence-electron chi connectivity index (χ0n) is 15.0. The topological polar surface area (TPSA) is 46.6 Å². The maximum atomic E-state index is 13.1. The number of anilines is 1. The molecule has 0 saturated heterocycles. The summed E-state index contributed by atoms with van der Waals surface area (Å²) in [6, 6.07) is 12.5. The first-order valence-corrected chi connectivity index (χ1v) is 8.96. The summed E-state index contributed by atoms with van der Waals surface area (Å²) in [6.07, 6.45) is 1.62. The van der Waals surface area contributed by atoms with Crippen LogP contribution in [-0.2, 0) is 14.3 Å². The van der Waals surface area contributed by atoms with Crippen LogP contribution < -0.4 is 4.90 Å². The van der Waals surface area contributed by atoms with E-state index in [4.69, 9.17) is 27.9 Å². The van der Waals surface area contributed by atoms with Crippen LogP contribution in [-0.4, -0.2) is 19.0 Å². The van der Waals surface area contributed by atoms with Crippen molar-refractivity contribution in [1.29, 1.82) is 0 Å². The molecule has 0 unspecified atom stereocenters. The predicted molar refractivity (Wildman–Crippen MR) is 108 cm³/mol. The van der Waals surface area contributed by atoms with Gasteiger partial charge in [0.1, 0.15) is 0 Å². The summed E-state index contributed by atoms with van der Waals surface area (Å²) in [6.45, 7) is 3.69. The van der Waals surface area contributed by atoms with Crippen LogP contribution in [0.5, 0.6) is 0 Å². The standard InChI is InChI=1S/C21H17Cl2NO3/c1-12-4-7-15(8-5-12)24-13(2)19(21(26)27-3)16(20(24)25)10-14-6-9-17(22)18(23)11-14/h4-11H,1-3H3/b16-10-. The maximum Gasteiger partial charge on any atom is 0.340 e. The van der Waals surface area contributed by atoms with E-state index < -0.39 is 5.97 Å². The van der Waals surface area contributed by atoms with Crippen molar-refractivity contribution in [2.24, 2.45) is 0 Å². The van der Waals surface area contributed by atoms with Crippen LogP contribution >= 0.6 is 23.2 Å². The van der Waals surface area contributed by atoms with Crippen LogP contribution in [0.2, 0.25) is 10.0 Å². The lowest BCUT2D eigenvalue weighted by atomic mass is 10.0. The molecule has 27 heavy (non-hydrogen) atoms. The number of ether oxygens (including phenoxy) is 1. The zero-order valence-corrected chi connectivity index (χ0v) is 16.6. The highest BCUT2D eigenvalue weighted by Crippen LogP contribution is 2.36. The highest BCUT2D eigenvalue weighted by molar-refractivity contribution is 6.42. The van der Waals surface area contributed by atoms with Crippen molar-refractivity contribution >= 4 is 46.8 Å². The molecule has 1 aliphatic rings. The van der Waals surface area contributed by atoms with Gasteiger partial charge in [0.15, 0.2) is 0 Å². The third kappa shape index (κ3) is 3.64. The molecule has 0 N–H and O–H groups in total. The Labute approximate surface area is 167 Å². The molecule has 0 fully saturated rings. The molecular weight excluding hydrogens is 385 g/mol. The summed E-state index contributed by atoms with van der Waals surface area (Å²) in [7, 11) is 1.29. The summed E-state index contributed by atoms with van der Waals surface area (Å²) < 4.78 is 4.90. The fraction of sp³-hybridized carbons (Fsp3) is 0.143. The minimum absolute atomic E-state index is 0.231. The second-order valence-corrected chi connectivity index (χ2v) is 6.97. The Morgan fingerprint density at radius 3 is 2.30 bits per heavy atom. The number of methoxy groups -OCH3 is 1. The summed E-state index contributed by atoms with van der Waals surface area (Å²) in [5.74, 6) is -0.871. The number of benzene rings is 2. The van der Waals surface area contributed by atoms with Gasteiger partial charge in [0.05, 0.1) is 28.3 Å². The number of amides is 1. The van der Waals surface area contributed by atoms with Gasteiger partial charge in [-0.2, -0.15) is 0 Å². The van der Waals surface area contributed by atoms with Crippen molar-refractivity contribution < 1.29 is 14.3 Å². The Morgan fingerprint density at radius 1 is 1.04 bits per heavy atom. The van der Waals surface area contributed by atoms with Crippen LogP contribution in [0.1, 0.15) is 18.1 Å². The molecule has 4 nitrogen and oxygen atoms in total. The van der Waals surface area contributed by atoms with Crippen LogP contribution in [0.25, 0.3) is 6.08 Å². The van der Waals surface area contributed by atoms with E-state index in [1.165, 1.54) is 12.0 Å². The Balaban J connectivity index is 2.13. The third-order valence-corrected chi connectivity index (χ3v) is 5.08. The van der Waals surface area contributed by atoms with Gasteiger partial charge in [0.2, 0.25) is 0 Å². The number of carbonyl (C=O) groups excluding carboxylic acids is 2. The van der Waals surface area contributed by atoms with Crippen molar-refractivity contribution in [3.63, 3.8) is 0 Å². The van der Waals surface area contributed by atoms with Gasteiger partial charge in [-0.25, -0.2) is 4.79 Å². The fourth-order valence-corrected chi connectivity index (χ4v) is 3.26. The van der Waals surface area contributed by atoms with Crippen molar-refractivity contribution in [3.8, 4) is 0 Å². The summed E-state index contributed by atoms with van der Waals surface area (Å²) in [5, 5.41) is 0.782. The van der Waals surface area contributed by atoms with E-state index >= 15 is 0 Å². The Hall–Kier alpha value is -2.56. The number of halogens is 2. The van der Waals surface area contributed by atoms with Gasteiger partial charge >= 0.3 is 5.97 Å². The number of allylic oxidation sites excluding steroid dienone is 1. The molecule has 1 amide bonds. The summed E-state index contributed by atoms with van der Waals surface area (Å²) in [5.41, 5.74) is 3.41. The first kappa shape index (κ1) is 19.2. The molecule has 0 radical (unpaired) electrons. The van der Waals surface area contributed by atoms with Crippen LogP contribution in [0.3, 0.4) is 0 Å². The van der Waals surface area contributed by atoms with Crippen LogP contribution in [0.15, 0.2) is 59.3 Å². The minimum Gasteiger partial charge on any atom is -0.465 e. The normalized spacial score (nSPS) is 15.7. The molecule has 2 aromatic carbocycles. The number of nitrogens with zero attached hydrogens (tertiary/aromatic N) is 1. The molecule has 0 aliphatic carbocycles. The number of carbonyl (C=O) groups is 2. The Bertz CT molecular complexity index is 991. The van der Waals surface area contributed by atoms with E-state index in [0.29, 0.717) is 27.0 Å². The molecule has 138 valence electrons. The van der Waals surface area contributed by atoms with Gasteiger partial charge in [-0.15, -0.1) is 0 Å². The molecule has 0 bridgehead atoms. The van der Waals surface area contributed by atoms with Crippen LogP contribution in [0.4, 0.5) is 5.69 Å². The monoisotopic (exact) mass is 401 g/mol. The molecule has 0 saturated carbocycles. The zero-order chi connectivity index (χ0) is 19.7. The van der Waals surface area contributed by atoms with Gasteiger partial charge in [0, 0.05) is 11.4 Å². The Kier molecular flexibility index (Phi) is 5.40. The van der Waals surface area contributed by atoms with Crippen LogP contribution in [0, 0.1) is 6.92 Å². The van der Waals surface area contributed by atoms with Gasteiger partial charge in [-0.3, -0.25) is 9.69 Å². The fourth-order valence-electron chi connectivity index (χ4n) is 2.95. The number of hydrogen-bond acceptors (Lipinski definition) is 3. The average molecular weight is 402 g/mol. The van der Waals surface area contributed by atoms with E-state index in [1.54, 1.807) is 31.2 Å². The molecular formula is C21H17Cl2NO3. The first-order valence-electron chi connectivity index (χ1n) is 8.21. The quantitative estimate of drug-likeness (QED) is 0.525. The van der Waals surface area contributed by atoms with Gasteiger partial charge < -0.3 is 4.74 Å². The Morgan fingerprint density at radius 2 is 1.70 bits per heavy atom. The lowest BCUT2D eigenvalue weighted by Crippen LogP contribution is -2.24. The van der Waals surface area contributed by atoms with Gasteiger partial charge in [-0.05, 0) is 49.8 Å². The first-order chi connectivity index (χ1) is 12.8. The minimum atomic E-state index is -0.568. The molecule has 0 aromatic heterocycles. The third-order valence-electron chi connectivity index (χ3n) is 4.34. The lowest BCUT2D eigenvalue weighted by molar-refractivity contribution is -0.136. The smallest absolute Gasteiger partial charge is 0.340 e. The highest BCUT2D eigenvalue weighted by Gasteiger charge is 2.37. The average Bonchev–Trinajstić information content (AvgIpc) is 2.88. The second kappa shape index (κ2) is 7.59. The molecule has 6 heteroatoms. The van der Waals surface area contributed by atoms with Gasteiger partial charge in [-0.1, -0.05) is 47.0 Å². The highest BCUT2D eigenvalue weighted by atomic mass is 35.5. The predicted octanol–water partition coefficient (Wildman–Crippen LogP) is 5.18. The van der Waals surface area contributed by atoms with E-state index in [9.17, 15) is 9.59 Å². The molecule has 0 spiro atoms. The largest absolute Gasteiger partial charge is 0.465 e. The van der Waals surface area contributed by atoms with Crippen molar-refractivity contribution in [1.82, 2.24) is 0 Å². The second-order valence-electron chi connectivity index (χ2n) is 6.16. The van der Waals surface area contributed by atoms with Crippen molar-refractivity contribution in [2.75, 3.05) is 12.0 Å². The van der Waals surface area contributed by atoms with E-state index in [0.717, 1.165) is 5.56 Å². The van der Waals surface area contributed by atoms with Crippen molar-refractivity contribution in [3.05, 3.63) is 80.5 Å². The van der Waals surface area contributed by atoms with E-state index in [2.05, 4.69) is 0 Å². The molecule has 2 aromatic rings. The SMILES string of the molecule is COC(=O)C1=C(C)N(c2ccc(C)cc2)C(=O)/C1=C\c1ccc(Cl)c(Cl)c1. The maximum absolute atomic E-state index is 13.1. The molecule has 1 heterocycles. The van der Waals surface area contributed by atoms with E-state index in [1.807, 2.05) is 31.2 Å². The lowest BCUT2D eigenvalue weighted by Gasteiger charge is -2.18. The van der Waals surface area contributed by atoms with Gasteiger partial charge in [0.25, 0.3) is 5.91 Å². The van der Waals surface area contributed by atoms with Crippen molar-refractivity contribution in [2.45, 2.75) is 13.8 Å². The number of aryl methyl sites for hydroxylation is 1.